The molecule has 0 aliphatic heterocycles. The van der Waals surface area contributed by atoms with Gasteiger partial charge in [-0.15, -0.1) is 0 Å². The molecule has 7 heteroatoms. The van der Waals surface area contributed by atoms with Gasteiger partial charge in [0.2, 0.25) is 0 Å². The molecule has 0 saturated heterocycles. The van der Waals surface area contributed by atoms with E-state index < -0.39 is 10.1 Å². The zero-order chi connectivity index (χ0) is 33.6. The van der Waals surface area contributed by atoms with E-state index in [0.29, 0.717) is 6.54 Å². The molecule has 5 aromatic carbocycles. The minimum atomic E-state index is -4.26. The van der Waals surface area contributed by atoms with Gasteiger partial charge in [-0.05, 0) is 97.1 Å². The molecular weight excluding hydrogens is 603 g/mol. The normalized spacial score (nSPS) is 12.0. The SMILES string of the molecule is CCN(Cc1cccc(C)c1)c1ccc(C(c2ccc(N(C)C)cc2)c2ccc(N(CC)Cc3cccc(S(=O)(=O)O)c3)cc2)cc1. The average molecular weight is 648 g/mol. The summed E-state index contributed by atoms with van der Waals surface area (Å²) >= 11 is 0. The second-order valence-electron chi connectivity index (χ2n) is 12.2. The molecule has 0 bridgehead atoms. The lowest BCUT2D eigenvalue weighted by Gasteiger charge is -2.26. The first kappa shape index (κ1) is 33.8. The van der Waals surface area contributed by atoms with Crippen molar-refractivity contribution in [2.45, 2.75) is 44.7 Å². The lowest BCUT2D eigenvalue weighted by Crippen LogP contribution is -2.22. The van der Waals surface area contributed by atoms with Crippen molar-refractivity contribution in [1.82, 2.24) is 0 Å². The summed E-state index contributed by atoms with van der Waals surface area (Å²) in [6.45, 7) is 9.45. The summed E-state index contributed by atoms with van der Waals surface area (Å²) in [7, 11) is -0.149. The minimum absolute atomic E-state index is 0.0441. The van der Waals surface area contributed by atoms with Crippen LogP contribution in [0.2, 0.25) is 0 Å². The van der Waals surface area contributed by atoms with Crippen molar-refractivity contribution < 1.29 is 13.0 Å². The third-order valence-corrected chi connectivity index (χ3v) is 9.56. The van der Waals surface area contributed by atoms with Gasteiger partial charge in [-0.25, -0.2) is 0 Å². The van der Waals surface area contributed by atoms with Gasteiger partial charge in [-0.1, -0.05) is 78.4 Å². The van der Waals surface area contributed by atoms with Crippen molar-refractivity contribution in [3.8, 4) is 0 Å². The Hall–Kier alpha value is -4.59. The van der Waals surface area contributed by atoms with Crippen LogP contribution in [-0.4, -0.2) is 40.2 Å². The monoisotopic (exact) mass is 647 g/mol. The molecule has 1 N–H and O–H groups in total. The van der Waals surface area contributed by atoms with Crippen molar-refractivity contribution in [1.29, 1.82) is 0 Å². The number of benzene rings is 5. The van der Waals surface area contributed by atoms with Gasteiger partial charge in [0.15, 0.2) is 0 Å². The molecule has 0 spiro atoms. The zero-order valence-corrected chi connectivity index (χ0v) is 28.8. The summed E-state index contributed by atoms with van der Waals surface area (Å²) < 4.78 is 32.9. The molecule has 0 amide bonds. The van der Waals surface area contributed by atoms with Crippen LogP contribution in [0, 0.1) is 6.92 Å². The molecule has 0 aliphatic carbocycles. The van der Waals surface area contributed by atoms with Crippen molar-refractivity contribution >= 4 is 27.2 Å². The summed E-state index contributed by atoms with van der Waals surface area (Å²) in [6.07, 6.45) is 0. The zero-order valence-electron chi connectivity index (χ0n) is 28.0. The molecule has 244 valence electrons. The van der Waals surface area contributed by atoms with E-state index in [1.165, 1.54) is 45.6 Å². The number of anilines is 3. The maximum atomic E-state index is 11.7. The maximum Gasteiger partial charge on any atom is 0.294 e. The summed E-state index contributed by atoms with van der Waals surface area (Å²) in [5.41, 5.74) is 10.4. The van der Waals surface area contributed by atoms with Crippen molar-refractivity contribution in [3.63, 3.8) is 0 Å². The highest BCUT2D eigenvalue weighted by molar-refractivity contribution is 7.85. The quantitative estimate of drug-likeness (QED) is 0.102. The molecule has 0 heterocycles. The van der Waals surface area contributed by atoms with E-state index in [9.17, 15) is 13.0 Å². The Morgan fingerprint density at radius 2 is 1.02 bits per heavy atom. The van der Waals surface area contributed by atoms with Gasteiger partial charge < -0.3 is 14.7 Å². The van der Waals surface area contributed by atoms with E-state index in [1.807, 2.05) is 6.07 Å². The predicted molar refractivity (Wildman–Crippen MR) is 195 cm³/mol. The molecule has 0 saturated carbocycles. The van der Waals surface area contributed by atoms with Crippen LogP contribution in [0.1, 0.15) is 53.1 Å². The van der Waals surface area contributed by atoms with Gasteiger partial charge in [0.05, 0.1) is 4.90 Å². The van der Waals surface area contributed by atoms with Crippen molar-refractivity contribution in [2.75, 3.05) is 41.9 Å². The van der Waals surface area contributed by atoms with Crippen LogP contribution in [0.15, 0.2) is 126 Å². The Morgan fingerprint density at radius 1 is 0.596 bits per heavy atom. The fourth-order valence-corrected chi connectivity index (χ4v) is 6.68. The molecule has 0 fully saturated rings. The molecule has 47 heavy (non-hydrogen) atoms. The van der Waals surface area contributed by atoms with Gasteiger partial charge in [0.1, 0.15) is 0 Å². The van der Waals surface area contributed by atoms with E-state index in [2.05, 4.69) is 147 Å². The van der Waals surface area contributed by atoms with Gasteiger partial charge in [-0.3, -0.25) is 4.55 Å². The Bertz CT molecular complexity index is 1870. The number of hydrogen-bond donors (Lipinski definition) is 1. The molecule has 0 radical (unpaired) electrons. The number of nitrogens with zero attached hydrogens (tertiary/aromatic N) is 3. The van der Waals surface area contributed by atoms with E-state index in [-0.39, 0.29) is 10.8 Å². The summed E-state index contributed by atoms with van der Waals surface area (Å²) in [4.78, 5) is 6.61. The molecule has 5 aromatic rings. The second-order valence-corrected chi connectivity index (χ2v) is 13.7. The Labute approximate surface area is 280 Å². The molecule has 6 nitrogen and oxygen atoms in total. The highest BCUT2D eigenvalue weighted by Crippen LogP contribution is 2.35. The van der Waals surface area contributed by atoms with E-state index in [0.717, 1.165) is 36.6 Å². The fourth-order valence-electron chi connectivity index (χ4n) is 6.12. The highest BCUT2D eigenvalue weighted by atomic mass is 32.2. The number of hydrogen-bond acceptors (Lipinski definition) is 5. The first-order chi connectivity index (χ1) is 22.5. The molecular formula is C40H45N3O3S. The second kappa shape index (κ2) is 14.9. The van der Waals surface area contributed by atoms with E-state index >= 15 is 0 Å². The first-order valence-corrected chi connectivity index (χ1v) is 17.6. The van der Waals surface area contributed by atoms with Crippen LogP contribution in [0.3, 0.4) is 0 Å². The van der Waals surface area contributed by atoms with Crippen molar-refractivity contribution in [3.05, 3.63) is 155 Å². The Kier molecular flexibility index (Phi) is 10.7. The number of aryl methyl sites for hydroxylation is 1. The van der Waals surface area contributed by atoms with Crippen LogP contribution >= 0.6 is 0 Å². The smallest absolute Gasteiger partial charge is 0.294 e. The fraction of sp³-hybridized carbons (Fsp3) is 0.250. The standard InChI is InChI=1S/C40H45N3O3S/c1-6-42(28-31-11-8-10-30(3)26-31)37-22-16-34(17-23-37)40(33-14-20-36(21-15-33)41(4)5)35-18-24-38(25-19-35)43(7-2)29-32-12-9-13-39(27-32)47(44,45)46/h8-27,40H,6-7,28-29H2,1-5H3,(H,44,45,46). The third kappa shape index (κ3) is 8.42. The van der Waals surface area contributed by atoms with E-state index in [4.69, 9.17) is 0 Å². The molecule has 1 atom stereocenters. The van der Waals surface area contributed by atoms with Crippen LogP contribution in [0.5, 0.6) is 0 Å². The van der Waals surface area contributed by atoms with Gasteiger partial charge in [0.25, 0.3) is 10.1 Å². The largest absolute Gasteiger partial charge is 0.378 e. The Balaban J connectivity index is 1.44. The number of rotatable bonds is 13. The van der Waals surface area contributed by atoms with Gasteiger partial charge in [-0.2, -0.15) is 8.42 Å². The molecule has 1 unspecified atom stereocenters. The summed E-state index contributed by atoms with van der Waals surface area (Å²) in [5.74, 6) is 0.0441. The van der Waals surface area contributed by atoms with Crippen LogP contribution in [-0.2, 0) is 23.2 Å². The van der Waals surface area contributed by atoms with Gasteiger partial charge in [0, 0.05) is 63.3 Å². The topological polar surface area (TPSA) is 64.1 Å². The van der Waals surface area contributed by atoms with Crippen LogP contribution in [0.4, 0.5) is 17.1 Å². The van der Waals surface area contributed by atoms with Crippen LogP contribution < -0.4 is 14.7 Å². The lowest BCUT2D eigenvalue weighted by molar-refractivity contribution is 0.483. The first-order valence-electron chi connectivity index (χ1n) is 16.1. The third-order valence-electron chi connectivity index (χ3n) is 8.72. The highest BCUT2D eigenvalue weighted by Gasteiger charge is 2.19. The Morgan fingerprint density at radius 3 is 1.43 bits per heavy atom. The minimum Gasteiger partial charge on any atom is -0.378 e. The van der Waals surface area contributed by atoms with E-state index in [1.54, 1.807) is 6.07 Å². The predicted octanol–water partition coefficient (Wildman–Crippen LogP) is 8.54. The summed E-state index contributed by atoms with van der Waals surface area (Å²) in [5, 5.41) is 0. The maximum absolute atomic E-state index is 11.7. The molecule has 5 rings (SSSR count). The molecule has 0 aliphatic rings. The van der Waals surface area contributed by atoms with Crippen LogP contribution in [0.25, 0.3) is 0 Å². The average Bonchev–Trinajstić information content (AvgIpc) is 3.07. The van der Waals surface area contributed by atoms with Crippen molar-refractivity contribution in [2.24, 2.45) is 0 Å². The summed E-state index contributed by atoms with van der Waals surface area (Å²) in [6, 6.07) is 41.6. The molecule has 0 aromatic heterocycles. The van der Waals surface area contributed by atoms with Gasteiger partial charge >= 0.3 is 0 Å². The lowest BCUT2D eigenvalue weighted by atomic mass is 9.85.